The third kappa shape index (κ3) is 3.22. The number of nitrogens with one attached hydrogen (secondary N) is 1. The van der Waals surface area contributed by atoms with Crippen molar-refractivity contribution in [1.29, 1.82) is 5.26 Å². The van der Waals surface area contributed by atoms with Gasteiger partial charge in [0.2, 0.25) is 10.0 Å². The second-order valence-corrected chi connectivity index (χ2v) is 9.25. The van der Waals surface area contributed by atoms with Crippen molar-refractivity contribution >= 4 is 19.9 Å². The minimum atomic E-state index is -3.59. The van der Waals surface area contributed by atoms with Gasteiger partial charge in [0, 0.05) is 0 Å². The summed E-state index contributed by atoms with van der Waals surface area (Å²) in [6.45, 7) is 0. The number of hydrogen-bond donors (Lipinski definition) is 1. The van der Waals surface area contributed by atoms with Crippen LogP contribution in [0, 0.1) is 17.2 Å². The largest absolute Gasteiger partial charge is 0.229 e. The van der Waals surface area contributed by atoms with E-state index >= 15 is 0 Å². The molecule has 0 aromatic heterocycles. The summed E-state index contributed by atoms with van der Waals surface area (Å²) in [6.07, 6.45) is 2.00. The summed E-state index contributed by atoms with van der Waals surface area (Å²) in [5.74, 6) is -0.0459. The van der Waals surface area contributed by atoms with Crippen LogP contribution in [0.4, 0.5) is 0 Å². The zero-order valence-electron chi connectivity index (χ0n) is 9.87. The number of nitriles is 1. The Labute approximate surface area is 107 Å². The lowest BCUT2D eigenvalue weighted by Crippen LogP contribution is -2.44. The third-order valence-electron chi connectivity index (χ3n) is 3.46. The molecule has 1 unspecified atom stereocenters. The standard InChI is InChI=1S/C10H16N2O4S2/c11-7-10(8-1-2-8)12-18(15,16)9-3-5-17(13,14)6-4-9/h8-10,12H,1-6H2. The molecule has 1 aliphatic carbocycles. The van der Waals surface area contributed by atoms with Crippen molar-refractivity contribution in [2.24, 2.45) is 5.92 Å². The first-order chi connectivity index (χ1) is 8.34. The molecule has 0 aromatic rings. The van der Waals surface area contributed by atoms with Crippen LogP contribution < -0.4 is 4.72 Å². The van der Waals surface area contributed by atoms with Crippen LogP contribution in [-0.2, 0) is 19.9 Å². The quantitative estimate of drug-likeness (QED) is 0.771. The van der Waals surface area contributed by atoms with Crippen LogP contribution in [0.25, 0.3) is 0 Å². The number of rotatable bonds is 4. The summed E-state index contributed by atoms with van der Waals surface area (Å²) < 4.78 is 49.0. The molecule has 1 aliphatic heterocycles. The topological polar surface area (TPSA) is 104 Å². The molecule has 1 heterocycles. The lowest BCUT2D eigenvalue weighted by atomic mass is 10.2. The van der Waals surface area contributed by atoms with Gasteiger partial charge in [0.15, 0.2) is 0 Å². The van der Waals surface area contributed by atoms with E-state index in [1.54, 1.807) is 0 Å². The Bertz CT molecular complexity index is 543. The second-order valence-electron chi connectivity index (χ2n) is 4.96. The van der Waals surface area contributed by atoms with Crippen LogP contribution in [0.2, 0.25) is 0 Å². The smallest absolute Gasteiger partial charge is 0.215 e. The zero-order valence-corrected chi connectivity index (χ0v) is 11.5. The minimum Gasteiger partial charge on any atom is -0.229 e. The van der Waals surface area contributed by atoms with Gasteiger partial charge in [-0.15, -0.1) is 0 Å². The van der Waals surface area contributed by atoms with Crippen molar-refractivity contribution in [3.8, 4) is 6.07 Å². The van der Waals surface area contributed by atoms with Gasteiger partial charge in [-0.05, 0) is 31.6 Å². The van der Waals surface area contributed by atoms with Gasteiger partial charge in [-0.1, -0.05) is 0 Å². The van der Waals surface area contributed by atoms with Gasteiger partial charge in [-0.3, -0.25) is 0 Å². The van der Waals surface area contributed by atoms with Gasteiger partial charge in [0.25, 0.3) is 0 Å². The zero-order chi connectivity index (χ0) is 13.4. The molecule has 1 saturated heterocycles. The third-order valence-corrected chi connectivity index (χ3v) is 7.11. The van der Waals surface area contributed by atoms with E-state index in [1.165, 1.54) is 0 Å². The highest BCUT2D eigenvalue weighted by molar-refractivity contribution is 7.92. The van der Waals surface area contributed by atoms with E-state index in [9.17, 15) is 16.8 Å². The molecule has 2 rings (SSSR count). The summed E-state index contributed by atoms with van der Waals surface area (Å²) in [4.78, 5) is 0. The van der Waals surface area contributed by atoms with Crippen molar-refractivity contribution in [2.45, 2.75) is 37.0 Å². The molecule has 0 aromatic carbocycles. The van der Waals surface area contributed by atoms with E-state index in [-0.39, 0.29) is 30.3 Å². The van der Waals surface area contributed by atoms with Crippen LogP contribution in [0.1, 0.15) is 25.7 Å². The highest BCUT2D eigenvalue weighted by Gasteiger charge is 2.38. The fourth-order valence-electron chi connectivity index (χ4n) is 2.11. The van der Waals surface area contributed by atoms with E-state index in [2.05, 4.69) is 4.72 Å². The SMILES string of the molecule is N#CC(NS(=O)(=O)C1CCS(=O)(=O)CC1)C1CC1. The van der Waals surface area contributed by atoms with Crippen LogP contribution in [0.15, 0.2) is 0 Å². The molecule has 1 atom stereocenters. The number of nitrogens with zero attached hydrogens (tertiary/aromatic N) is 1. The second kappa shape index (κ2) is 4.79. The molecule has 2 fully saturated rings. The fourth-order valence-corrected chi connectivity index (χ4v) is 5.55. The molecule has 6 nitrogen and oxygen atoms in total. The molecule has 2 aliphatic rings. The average molecular weight is 292 g/mol. The highest BCUT2D eigenvalue weighted by Crippen LogP contribution is 2.33. The van der Waals surface area contributed by atoms with E-state index in [1.807, 2.05) is 6.07 Å². The predicted molar refractivity (Wildman–Crippen MR) is 65.9 cm³/mol. The number of sulfone groups is 1. The fraction of sp³-hybridized carbons (Fsp3) is 0.900. The van der Waals surface area contributed by atoms with Crippen molar-refractivity contribution < 1.29 is 16.8 Å². The molecule has 0 bridgehead atoms. The van der Waals surface area contributed by atoms with E-state index in [4.69, 9.17) is 5.26 Å². The monoisotopic (exact) mass is 292 g/mol. The maximum Gasteiger partial charge on any atom is 0.215 e. The van der Waals surface area contributed by atoms with Gasteiger partial charge in [0.05, 0.1) is 22.8 Å². The first kappa shape index (κ1) is 13.8. The molecular formula is C10H16N2O4S2. The Morgan fingerprint density at radius 3 is 2.17 bits per heavy atom. The highest BCUT2D eigenvalue weighted by atomic mass is 32.2. The van der Waals surface area contributed by atoms with Gasteiger partial charge in [-0.2, -0.15) is 9.98 Å². The normalized spacial score (nSPS) is 26.4. The lowest BCUT2D eigenvalue weighted by Gasteiger charge is -2.23. The molecule has 0 amide bonds. The molecule has 18 heavy (non-hydrogen) atoms. The van der Waals surface area contributed by atoms with Crippen LogP contribution in [-0.4, -0.2) is 39.6 Å². The molecule has 0 spiro atoms. The van der Waals surface area contributed by atoms with E-state index in [0.717, 1.165) is 12.8 Å². The Kier molecular flexibility index (Phi) is 3.67. The lowest BCUT2D eigenvalue weighted by molar-refractivity contribution is 0.529. The number of hydrogen-bond acceptors (Lipinski definition) is 5. The Morgan fingerprint density at radius 1 is 1.17 bits per heavy atom. The van der Waals surface area contributed by atoms with Gasteiger partial charge >= 0.3 is 0 Å². The van der Waals surface area contributed by atoms with E-state index in [0.29, 0.717) is 0 Å². The maximum atomic E-state index is 12.0. The minimum absolute atomic E-state index is 0.0841. The Balaban J connectivity index is 2.01. The molecule has 102 valence electrons. The van der Waals surface area contributed by atoms with Crippen LogP contribution >= 0.6 is 0 Å². The van der Waals surface area contributed by atoms with Crippen LogP contribution in [0.3, 0.4) is 0 Å². The van der Waals surface area contributed by atoms with Gasteiger partial charge in [-0.25, -0.2) is 16.8 Å². The van der Waals surface area contributed by atoms with Crippen molar-refractivity contribution in [3.63, 3.8) is 0 Å². The maximum absolute atomic E-state index is 12.0. The molecular weight excluding hydrogens is 276 g/mol. The summed E-state index contributed by atoms with van der Waals surface area (Å²) in [6, 6.07) is 1.31. The Morgan fingerprint density at radius 2 is 1.72 bits per heavy atom. The van der Waals surface area contributed by atoms with Gasteiger partial charge < -0.3 is 0 Å². The van der Waals surface area contributed by atoms with Crippen molar-refractivity contribution in [1.82, 2.24) is 4.72 Å². The van der Waals surface area contributed by atoms with Gasteiger partial charge in [0.1, 0.15) is 15.9 Å². The first-order valence-electron chi connectivity index (χ1n) is 5.95. The van der Waals surface area contributed by atoms with Crippen LogP contribution in [0.5, 0.6) is 0 Å². The summed E-state index contributed by atoms with van der Waals surface area (Å²) in [5.41, 5.74) is 0. The predicted octanol–water partition coefficient (Wildman–Crippen LogP) is -0.215. The summed E-state index contributed by atoms with van der Waals surface area (Å²) in [5, 5.41) is 8.22. The molecule has 8 heteroatoms. The van der Waals surface area contributed by atoms with E-state index < -0.39 is 31.2 Å². The molecule has 1 saturated carbocycles. The summed E-state index contributed by atoms with van der Waals surface area (Å²) in [7, 11) is -6.66. The molecule has 1 N–H and O–H groups in total. The molecule has 0 radical (unpaired) electrons. The average Bonchev–Trinajstić information content (AvgIpc) is 3.09. The number of sulfonamides is 1. The van der Waals surface area contributed by atoms with Crippen molar-refractivity contribution in [3.05, 3.63) is 0 Å². The summed E-state index contributed by atoms with van der Waals surface area (Å²) >= 11 is 0. The Hall–Kier alpha value is -0.650. The van der Waals surface area contributed by atoms with Crippen molar-refractivity contribution in [2.75, 3.05) is 11.5 Å². The first-order valence-corrected chi connectivity index (χ1v) is 9.32.